The number of rotatable bonds is 4. The van der Waals surface area contributed by atoms with Gasteiger partial charge in [0, 0.05) is 0 Å². The van der Waals surface area contributed by atoms with Crippen LogP contribution in [0.25, 0.3) is 0 Å². The lowest BCUT2D eigenvalue weighted by Crippen LogP contribution is -2.46. The second-order valence-corrected chi connectivity index (χ2v) is 9.89. The molecule has 0 aromatic heterocycles. The molecule has 0 radical (unpaired) electrons. The summed E-state index contributed by atoms with van der Waals surface area (Å²) >= 11 is 0. The van der Waals surface area contributed by atoms with E-state index in [2.05, 4.69) is 13.8 Å². The van der Waals surface area contributed by atoms with Crippen LogP contribution < -0.4 is 0 Å². The van der Waals surface area contributed by atoms with Gasteiger partial charge in [0.25, 0.3) is 0 Å². The van der Waals surface area contributed by atoms with Crippen molar-refractivity contribution in [1.82, 2.24) is 0 Å². The second-order valence-electron chi connectivity index (χ2n) is 9.89. The predicted octanol–water partition coefficient (Wildman–Crippen LogP) is 5.49. The minimum atomic E-state index is 0.627. The van der Waals surface area contributed by atoms with Gasteiger partial charge in [0.15, 0.2) is 0 Å². The van der Waals surface area contributed by atoms with Crippen molar-refractivity contribution in [2.75, 3.05) is 0 Å². The van der Waals surface area contributed by atoms with E-state index < -0.39 is 0 Å². The number of hydrogen-bond acceptors (Lipinski definition) is 2. The van der Waals surface area contributed by atoms with E-state index >= 15 is 0 Å². The van der Waals surface area contributed by atoms with Gasteiger partial charge >= 0.3 is 0 Å². The first kappa shape index (κ1) is 16.1. The molecule has 136 valence electrons. The van der Waals surface area contributed by atoms with Crippen LogP contribution in [0.3, 0.4) is 0 Å². The van der Waals surface area contributed by atoms with Crippen molar-refractivity contribution >= 4 is 0 Å². The lowest BCUT2D eigenvalue weighted by molar-refractivity contribution is -0.0454. The summed E-state index contributed by atoms with van der Waals surface area (Å²) in [6.45, 7) is 4.87. The molecule has 6 atom stereocenters. The summed E-state index contributed by atoms with van der Waals surface area (Å²) < 4.78 is 11.8. The number of fused-ring (bicyclic) bond motifs is 2. The lowest BCUT2D eigenvalue weighted by atomic mass is 9.50. The predicted molar refractivity (Wildman–Crippen MR) is 95.9 cm³/mol. The molecular weight excluding hydrogens is 296 g/mol. The van der Waals surface area contributed by atoms with Crippen LogP contribution in [0.15, 0.2) is 0 Å². The third-order valence-corrected chi connectivity index (χ3v) is 9.38. The van der Waals surface area contributed by atoms with Crippen LogP contribution in [0, 0.1) is 22.7 Å². The molecule has 2 heteroatoms. The van der Waals surface area contributed by atoms with Crippen molar-refractivity contribution in [1.29, 1.82) is 0 Å². The Bertz CT molecular complexity index is 442. The van der Waals surface area contributed by atoms with Gasteiger partial charge in [0.05, 0.1) is 24.4 Å². The molecule has 5 fully saturated rings. The fourth-order valence-corrected chi connectivity index (χ4v) is 7.21. The maximum atomic E-state index is 5.92. The molecule has 0 aromatic rings. The minimum Gasteiger partial charge on any atom is -0.370 e. The van der Waals surface area contributed by atoms with Gasteiger partial charge in [0.2, 0.25) is 0 Å². The molecule has 0 aromatic carbocycles. The summed E-state index contributed by atoms with van der Waals surface area (Å²) in [7, 11) is 0. The van der Waals surface area contributed by atoms with E-state index in [0.717, 1.165) is 11.8 Å². The number of ether oxygens (including phenoxy) is 2. The summed E-state index contributed by atoms with van der Waals surface area (Å²) in [5.74, 6) is 1.88. The van der Waals surface area contributed by atoms with Crippen LogP contribution >= 0.6 is 0 Å². The SMILES string of the molecule is CCC1(CC)CCC(C2CCC3OC3C2)(C2CCC3OC3C2)CC1. The van der Waals surface area contributed by atoms with E-state index in [1.807, 2.05) is 0 Å². The molecule has 3 aliphatic carbocycles. The first-order chi connectivity index (χ1) is 11.7. The maximum Gasteiger partial charge on any atom is 0.0844 e. The van der Waals surface area contributed by atoms with E-state index in [1.54, 1.807) is 0 Å². The van der Waals surface area contributed by atoms with Crippen LogP contribution in [0.4, 0.5) is 0 Å². The average molecular weight is 333 g/mol. The van der Waals surface area contributed by atoms with Crippen molar-refractivity contribution in [3.8, 4) is 0 Å². The number of hydrogen-bond donors (Lipinski definition) is 0. The molecule has 3 saturated carbocycles. The van der Waals surface area contributed by atoms with Gasteiger partial charge in [-0.1, -0.05) is 26.7 Å². The monoisotopic (exact) mass is 332 g/mol. The molecule has 0 amide bonds. The average Bonchev–Trinajstić information content (AvgIpc) is 3.54. The highest BCUT2D eigenvalue weighted by molar-refractivity contribution is 5.07. The standard InChI is InChI=1S/C22H36O2/c1-3-21(4-2)9-11-22(12-10-21,15-5-7-17-19(13-15)23-17)16-6-8-18-20(14-16)24-18/h15-20H,3-14H2,1-2H3. The van der Waals surface area contributed by atoms with Gasteiger partial charge in [-0.3, -0.25) is 0 Å². The Kier molecular flexibility index (Phi) is 3.83. The van der Waals surface area contributed by atoms with Crippen LogP contribution in [-0.4, -0.2) is 24.4 Å². The number of epoxide rings is 2. The largest absolute Gasteiger partial charge is 0.370 e. The van der Waals surface area contributed by atoms with Gasteiger partial charge in [-0.15, -0.1) is 0 Å². The summed E-state index contributed by atoms with van der Waals surface area (Å²) in [5.41, 5.74) is 1.28. The zero-order chi connectivity index (χ0) is 16.4. The van der Waals surface area contributed by atoms with Crippen molar-refractivity contribution in [3.05, 3.63) is 0 Å². The minimum absolute atomic E-state index is 0.627. The van der Waals surface area contributed by atoms with Crippen molar-refractivity contribution < 1.29 is 9.47 Å². The molecule has 5 aliphatic rings. The Morgan fingerprint density at radius 3 is 1.58 bits per heavy atom. The molecule has 6 unspecified atom stereocenters. The third-order valence-electron chi connectivity index (χ3n) is 9.38. The Labute approximate surface area is 148 Å². The first-order valence-corrected chi connectivity index (χ1v) is 11.0. The summed E-state index contributed by atoms with van der Waals surface area (Å²) in [6, 6.07) is 0. The van der Waals surface area contributed by atoms with E-state index in [-0.39, 0.29) is 0 Å². The molecule has 2 aliphatic heterocycles. The Morgan fingerprint density at radius 2 is 1.17 bits per heavy atom. The smallest absolute Gasteiger partial charge is 0.0844 e. The zero-order valence-electron chi connectivity index (χ0n) is 15.8. The first-order valence-electron chi connectivity index (χ1n) is 11.0. The van der Waals surface area contributed by atoms with Gasteiger partial charge in [-0.2, -0.15) is 0 Å². The highest BCUT2D eigenvalue weighted by Gasteiger charge is 2.57. The van der Waals surface area contributed by atoms with Gasteiger partial charge in [-0.05, 0) is 86.9 Å². The Balaban J connectivity index is 1.38. The fourth-order valence-electron chi connectivity index (χ4n) is 7.21. The molecule has 2 saturated heterocycles. The summed E-state index contributed by atoms with van der Waals surface area (Å²) in [6.07, 6.45) is 19.6. The Morgan fingerprint density at radius 1 is 0.667 bits per heavy atom. The van der Waals surface area contributed by atoms with Crippen LogP contribution in [0.5, 0.6) is 0 Å². The van der Waals surface area contributed by atoms with Gasteiger partial charge in [-0.25, -0.2) is 0 Å². The summed E-state index contributed by atoms with van der Waals surface area (Å²) in [5, 5.41) is 0. The zero-order valence-corrected chi connectivity index (χ0v) is 15.8. The fraction of sp³-hybridized carbons (Fsp3) is 1.00. The van der Waals surface area contributed by atoms with E-state index in [0.29, 0.717) is 35.2 Å². The molecule has 2 nitrogen and oxygen atoms in total. The van der Waals surface area contributed by atoms with Crippen LogP contribution in [0.1, 0.15) is 90.9 Å². The van der Waals surface area contributed by atoms with E-state index in [1.165, 1.54) is 77.0 Å². The van der Waals surface area contributed by atoms with Crippen molar-refractivity contribution in [2.45, 2.75) is 115 Å². The van der Waals surface area contributed by atoms with Gasteiger partial charge in [0.1, 0.15) is 0 Å². The molecule has 5 rings (SSSR count). The van der Waals surface area contributed by atoms with Gasteiger partial charge < -0.3 is 9.47 Å². The topological polar surface area (TPSA) is 25.1 Å². The molecule has 0 bridgehead atoms. The normalized spacial score (nSPS) is 48.2. The quantitative estimate of drug-likeness (QED) is 0.636. The molecule has 2 heterocycles. The highest BCUT2D eigenvalue weighted by atomic mass is 16.6. The van der Waals surface area contributed by atoms with Crippen molar-refractivity contribution in [2.24, 2.45) is 22.7 Å². The van der Waals surface area contributed by atoms with E-state index in [4.69, 9.17) is 9.47 Å². The van der Waals surface area contributed by atoms with E-state index in [9.17, 15) is 0 Å². The second kappa shape index (κ2) is 5.71. The molecule has 0 spiro atoms. The third kappa shape index (κ3) is 2.50. The molecule has 24 heavy (non-hydrogen) atoms. The highest BCUT2D eigenvalue weighted by Crippen LogP contribution is 2.63. The van der Waals surface area contributed by atoms with Crippen LogP contribution in [-0.2, 0) is 9.47 Å². The van der Waals surface area contributed by atoms with Crippen LogP contribution in [0.2, 0.25) is 0 Å². The lowest BCUT2D eigenvalue weighted by Gasteiger charge is -2.55. The van der Waals surface area contributed by atoms with Crippen molar-refractivity contribution in [3.63, 3.8) is 0 Å². The molecule has 0 N–H and O–H groups in total. The maximum absolute atomic E-state index is 5.92. The Hall–Kier alpha value is -0.0800. The summed E-state index contributed by atoms with van der Waals surface area (Å²) in [4.78, 5) is 0. The molecular formula is C22H36O2.